The van der Waals surface area contributed by atoms with Gasteiger partial charge in [-0.1, -0.05) is 6.07 Å². The summed E-state index contributed by atoms with van der Waals surface area (Å²) in [4.78, 5) is 13.3. The molecule has 112 valence electrons. The molecule has 4 aromatic heterocycles. The van der Waals surface area contributed by atoms with Crippen molar-refractivity contribution in [3.8, 4) is 11.4 Å². The van der Waals surface area contributed by atoms with Gasteiger partial charge in [0.25, 0.3) is 0 Å². The molecular formula is C17H13BrN5+. The van der Waals surface area contributed by atoms with Gasteiger partial charge < -0.3 is 0 Å². The van der Waals surface area contributed by atoms with Crippen molar-refractivity contribution in [2.24, 2.45) is 0 Å². The first kappa shape index (κ1) is 14.0. The first-order valence-corrected chi connectivity index (χ1v) is 7.99. The van der Waals surface area contributed by atoms with Crippen LogP contribution in [0, 0.1) is 0 Å². The van der Waals surface area contributed by atoms with Gasteiger partial charge in [0.2, 0.25) is 11.5 Å². The third kappa shape index (κ3) is 2.61. The Hall–Kier alpha value is -2.60. The average Bonchev–Trinajstić information content (AvgIpc) is 2.92. The number of pyridine rings is 2. The predicted molar refractivity (Wildman–Crippen MR) is 89.7 cm³/mol. The summed E-state index contributed by atoms with van der Waals surface area (Å²) in [7, 11) is 0. The lowest BCUT2D eigenvalue weighted by molar-refractivity contribution is -0.678. The maximum atomic E-state index is 4.61. The Labute approximate surface area is 141 Å². The highest BCUT2D eigenvalue weighted by atomic mass is 79.9. The molecule has 0 spiro atoms. The molecule has 0 fully saturated rings. The molecule has 0 saturated heterocycles. The lowest BCUT2D eigenvalue weighted by Crippen LogP contribution is -2.36. The van der Waals surface area contributed by atoms with Gasteiger partial charge in [0, 0.05) is 30.7 Å². The summed E-state index contributed by atoms with van der Waals surface area (Å²) < 4.78 is 4.98. The van der Waals surface area contributed by atoms with Crippen LogP contribution in [-0.4, -0.2) is 19.4 Å². The van der Waals surface area contributed by atoms with E-state index in [0.29, 0.717) is 12.3 Å². The molecule has 0 radical (unpaired) electrons. The molecule has 0 aliphatic heterocycles. The normalized spacial score (nSPS) is 11.0. The number of nitrogens with zero attached hydrogens (tertiary/aromatic N) is 5. The number of rotatable bonds is 3. The fraction of sp³-hybridized carbons (Fsp3) is 0.0588. The number of fused-ring (bicyclic) bond motifs is 1. The minimum Gasteiger partial charge on any atom is -0.278 e. The molecule has 5 nitrogen and oxygen atoms in total. The van der Waals surface area contributed by atoms with Gasteiger partial charge >= 0.3 is 0 Å². The van der Waals surface area contributed by atoms with Crippen molar-refractivity contribution in [1.29, 1.82) is 0 Å². The second kappa shape index (κ2) is 5.89. The summed E-state index contributed by atoms with van der Waals surface area (Å²) in [5, 5.41) is 0. The molecule has 0 saturated carbocycles. The molecule has 4 aromatic rings. The summed E-state index contributed by atoms with van der Waals surface area (Å²) in [6.45, 7) is 0.636. The summed E-state index contributed by atoms with van der Waals surface area (Å²) in [6, 6.07) is 13.9. The topological polar surface area (TPSA) is 47.0 Å². The number of aromatic nitrogens is 5. The van der Waals surface area contributed by atoms with Gasteiger partial charge in [0.05, 0.1) is 0 Å². The minimum atomic E-state index is 0.636. The molecular weight excluding hydrogens is 354 g/mol. The van der Waals surface area contributed by atoms with Crippen molar-refractivity contribution in [1.82, 2.24) is 19.4 Å². The van der Waals surface area contributed by atoms with E-state index in [2.05, 4.69) is 41.5 Å². The van der Waals surface area contributed by atoms with E-state index in [1.165, 1.54) is 0 Å². The number of imidazole rings is 1. The van der Waals surface area contributed by atoms with Crippen LogP contribution in [0.5, 0.6) is 0 Å². The van der Waals surface area contributed by atoms with Crippen LogP contribution in [0.25, 0.3) is 17.2 Å². The Morgan fingerprint density at radius 2 is 1.87 bits per heavy atom. The van der Waals surface area contributed by atoms with Gasteiger partial charge in [-0.25, -0.2) is 15.0 Å². The second-order valence-electron chi connectivity index (χ2n) is 5.07. The van der Waals surface area contributed by atoms with E-state index >= 15 is 0 Å². The maximum absolute atomic E-state index is 4.61. The van der Waals surface area contributed by atoms with Crippen LogP contribution in [0.1, 0.15) is 5.69 Å². The highest BCUT2D eigenvalue weighted by Crippen LogP contribution is 2.18. The van der Waals surface area contributed by atoms with Crippen LogP contribution < -0.4 is 4.57 Å². The molecule has 6 heteroatoms. The van der Waals surface area contributed by atoms with E-state index in [4.69, 9.17) is 0 Å². The lowest BCUT2D eigenvalue weighted by Gasteiger charge is -2.02. The highest BCUT2D eigenvalue weighted by molar-refractivity contribution is 9.10. The Bertz CT molecular complexity index is 965. The summed E-state index contributed by atoms with van der Waals surface area (Å²) in [5.74, 6) is 0.685. The van der Waals surface area contributed by atoms with Crippen molar-refractivity contribution >= 4 is 21.7 Å². The zero-order valence-corrected chi connectivity index (χ0v) is 13.8. The van der Waals surface area contributed by atoms with Crippen LogP contribution in [0.15, 0.2) is 71.9 Å². The molecule has 0 aliphatic carbocycles. The van der Waals surface area contributed by atoms with Gasteiger partial charge in [-0.15, -0.1) is 0 Å². The number of hydrogen-bond acceptors (Lipinski definition) is 3. The van der Waals surface area contributed by atoms with Crippen LogP contribution in [0.4, 0.5) is 0 Å². The first-order valence-electron chi connectivity index (χ1n) is 7.20. The maximum Gasteiger partial charge on any atom is 0.235 e. The lowest BCUT2D eigenvalue weighted by atomic mass is 10.2. The van der Waals surface area contributed by atoms with Crippen molar-refractivity contribution in [2.75, 3.05) is 0 Å². The summed E-state index contributed by atoms with van der Waals surface area (Å²) in [6.07, 6.45) is 7.52. The Balaban J connectivity index is 1.78. The minimum absolute atomic E-state index is 0.636. The number of hydrogen-bond donors (Lipinski definition) is 0. The third-order valence-corrected chi connectivity index (χ3v) is 4.44. The molecule has 0 N–H and O–H groups in total. The van der Waals surface area contributed by atoms with Crippen molar-refractivity contribution < 1.29 is 4.57 Å². The van der Waals surface area contributed by atoms with E-state index in [1.54, 1.807) is 12.4 Å². The third-order valence-electron chi connectivity index (χ3n) is 3.60. The molecule has 0 bridgehead atoms. The van der Waals surface area contributed by atoms with Gasteiger partial charge in [0.1, 0.15) is 16.0 Å². The Morgan fingerprint density at radius 3 is 2.70 bits per heavy atom. The van der Waals surface area contributed by atoms with E-state index in [1.807, 2.05) is 53.2 Å². The van der Waals surface area contributed by atoms with Gasteiger partial charge in [-0.05, 0) is 40.2 Å². The smallest absolute Gasteiger partial charge is 0.235 e. The molecule has 4 rings (SSSR count). The molecule has 0 unspecified atom stereocenters. The quantitative estimate of drug-likeness (QED) is 0.523. The van der Waals surface area contributed by atoms with Crippen LogP contribution in [0.3, 0.4) is 0 Å². The number of halogens is 1. The van der Waals surface area contributed by atoms with Crippen molar-refractivity contribution in [2.45, 2.75) is 6.54 Å². The van der Waals surface area contributed by atoms with E-state index < -0.39 is 0 Å². The highest BCUT2D eigenvalue weighted by Gasteiger charge is 2.18. The van der Waals surface area contributed by atoms with Gasteiger partial charge in [0.15, 0.2) is 12.7 Å². The second-order valence-corrected chi connectivity index (χ2v) is 5.82. The first-order chi connectivity index (χ1) is 11.3. The summed E-state index contributed by atoms with van der Waals surface area (Å²) >= 11 is 3.62. The zero-order chi connectivity index (χ0) is 15.6. The van der Waals surface area contributed by atoms with Crippen LogP contribution in [-0.2, 0) is 6.54 Å². The van der Waals surface area contributed by atoms with Crippen LogP contribution in [0.2, 0.25) is 0 Å². The predicted octanol–water partition coefficient (Wildman–Crippen LogP) is 2.89. The molecule has 0 amide bonds. The Morgan fingerprint density at radius 1 is 1.00 bits per heavy atom. The molecule has 0 aromatic carbocycles. The average molecular weight is 367 g/mol. The van der Waals surface area contributed by atoms with Crippen LogP contribution >= 0.6 is 15.9 Å². The van der Waals surface area contributed by atoms with Gasteiger partial charge in [-0.3, -0.25) is 4.40 Å². The Kier molecular flexibility index (Phi) is 3.59. The largest absolute Gasteiger partial charge is 0.278 e. The molecule has 4 heterocycles. The van der Waals surface area contributed by atoms with Crippen molar-refractivity contribution in [3.63, 3.8) is 0 Å². The molecule has 0 aliphatic rings. The summed E-state index contributed by atoms with van der Waals surface area (Å²) in [5.41, 5.74) is 2.91. The monoisotopic (exact) mass is 366 g/mol. The van der Waals surface area contributed by atoms with E-state index in [9.17, 15) is 0 Å². The fourth-order valence-electron chi connectivity index (χ4n) is 2.53. The van der Waals surface area contributed by atoms with E-state index in [0.717, 1.165) is 21.7 Å². The SMILES string of the molecule is Brc1c(C[n+]2ccccc2-c2ccccn2)nc2ncccn12. The van der Waals surface area contributed by atoms with E-state index in [-0.39, 0.29) is 0 Å². The molecule has 0 atom stereocenters. The molecule has 23 heavy (non-hydrogen) atoms. The van der Waals surface area contributed by atoms with Crippen molar-refractivity contribution in [3.05, 3.63) is 77.5 Å². The fourth-order valence-corrected chi connectivity index (χ4v) is 3.02. The standard InChI is InChI=1S/C17H13BrN5/c18-16-14(21-17-20-9-5-11-23(16)17)12-22-10-4-2-7-15(22)13-6-1-3-8-19-13/h1-11H,12H2/q+1. The zero-order valence-electron chi connectivity index (χ0n) is 12.2. The van der Waals surface area contributed by atoms with Gasteiger partial charge in [-0.2, -0.15) is 4.57 Å².